The van der Waals surface area contributed by atoms with Crippen LogP contribution in [0.5, 0.6) is 5.75 Å². The predicted octanol–water partition coefficient (Wildman–Crippen LogP) is 3.25. The third-order valence-corrected chi connectivity index (χ3v) is 6.61. The van der Waals surface area contributed by atoms with Crippen LogP contribution in [0.2, 0.25) is 0 Å². The van der Waals surface area contributed by atoms with E-state index in [1.54, 1.807) is 36.8 Å². The molecule has 0 unspecified atom stereocenters. The number of carbonyl (C=O) groups excluding carboxylic acids is 1. The molecular weight excluding hydrogens is 344 g/mol. The summed E-state index contributed by atoms with van der Waals surface area (Å²) in [6.07, 6.45) is 4.26. The quantitative estimate of drug-likeness (QED) is 0.396. The fourth-order valence-electron chi connectivity index (χ4n) is 1.54. The molecule has 0 aliphatic rings. The largest absolute Gasteiger partial charge is 0.513 e. The zero-order valence-corrected chi connectivity index (χ0v) is 15.2. The second kappa shape index (κ2) is 8.53. The van der Waals surface area contributed by atoms with Crippen LogP contribution < -0.4 is 4.74 Å². The van der Waals surface area contributed by atoms with E-state index in [0.717, 1.165) is 20.0 Å². The smallest absolute Gasteiger partial charge is 0.434 e. The molecule has 1 aromatic rings. The van der Waals surface area contributed by atoms with Crippen LogP contribution in [0.25, 0.3) is 0 Å². The van der Waals surface area contributed by atoms with Gasteiger partial charge in [-0.3, -0.25) is 4.18 Å². The average molecular weight is 366 g/mol. The Morgan fingerprint density at radius 3 is 2.26 bits per heavy atom. The van der Waals surface area contributed by atoms with Crippen molar-refractivity contribution in [2.24, 2.45) is 0 Å². The SMILES string of the molecule is CCCCOC(=O)Oc1ccc(S(C)(C)OS(=O)(=O)OC)cc1. The maximum absolute atomic E-state index is 11.4. The number of carbonyl (C=O) groups is 1. The Labute approximate surface area is 138 Å². The summed E-state index contributed by atoms with van der Waals surface area (Å²) in [6.45, 7) is 2.30. The highest BCUT2D eigenvalue weighted by molar-refractivity contribution is 8.31. The molecule has 1 aromatic carbocycles. The maximum Gasteiger partial charge on any atom is 0.513 e. The molecule has 0 aliphatic carbocycles. The fraction of sp³-hybridized carbons (Fsp3) is 0.500. The van der Waals surface area contributed by atoms with Crippen molar-refractivity contribution >= 4 is 26.9 Å². The minimum atomic E-state index is -4.04. The number of benzene rings is 1. The molecule has 1 rings (SSSR count). The zero-order valence-electron chi connectivity index (χ0n) is 13.6. The molecule has 9 heteroatoms. The van der Waals surface area contributed by atoms with Crippen molar-refractivity contribution in [3.05, 3.63) is 24.3 Å². The van der Waals surface area contributed by atoms with Gasteiger partial charge in [0.25, 0.3) is 0 Å². The molecule has 0 fully saturated rings. The number of rotatable bonds is 8. The van der Waals surface area contributed by atoms with Gasteiger partial charge in [-0.2, -0.15) is 12.0 Å². The first-order chi connectivity index (χ1) is 10.7. The third kappa shape index (κ3) is 6.78. The minimum absolute atomic E-state index is 0.306. The van der Waals surface area contributed by atoms with Crippen LogP contribution in [0.3, 0.4) is 0 Å². The first-order valence-electron chi connectivity index (χ1n) is 6.90. The molecule has 0 bridgehead atoms. The van der Waals surface area contributed by atoms with Crippen LogP contribution in [0.15, 0.2) is 29.2 Å². The van der Waals surface area contributed by atoms with Crippen molar-refractivity contribution in [1.82, 2.24) is 0 Å². The molecule has 0 atom stereocenters. The van der Waals surface area contributed by atoms with Gasteiger partial charge in [-0.25, -0.2) is 4.79 Å². The van der Waals surface area contributed by atoms with Crippen molar-refractivity contribution in [3.8, 4) is 5.75 Å². The molecular formula is C14H22O7S2. The highest BCUT2D eigenvalue weighted by atomic mass is 32.3. The molecule has 0 aliphatic heterocycles. The summed E-state index contributed by atoms with van der Waals surface area (Å²) >= 11 is 0. The van der Waals surface area contributed by atoms with Crippen LogP contribution in [-0.2, 0) is 22.9 Å². The third-order valence-electron chi connectivity index (χ3n) is 2.77. The Morgan fingerprint density at radius 2 is 1.74 bits per heavy atom. The molecule has 0 radical (unpaired) electrons. The van der Waals surface area contributed by atoms with Gasteiger partial charge in [0.1, 0.15) is 5.75 Å². The summed E-state index contributed by atoms with van der Waals surface area (Å²) in [6, 6.07) is 6.37. The van der Waals surface area contributed by atoms with Gasteiger partial charge in [-0.15, -0.1) is 0 Å². The van der Waals surface area contributed by atoms with Crippen molar-refractivity contribution < 1.29 is 30.5 Å². The Hall–Kier alpha value is -1.29. The van der Waals surface area contributed by atoms with Gasteiger partial charge in [0, 0.05) is 4.90 Å². The van der Waals surface area contributed by atoms with E-state index in [1.807, 2.05) is 6.92 Å². The van der Waals surface area contributed by atoms with E-state index >= 15 is 0 Å². The highest BCUT2D eigenvalue weighted by Gasteiger charge is 2.24. The second-order valence-corrected chi connectivity index (χ2v) is 9.53. The first kappa shape index (κ1) is 19.8. The van der Waals surface area contributed by atoms with E-state index in [-0.39, 0.29) is 0 Å². The molecule has 7 nitrogen and oxygen atoms in total. The minimum Gasteiger partial charge on any atom is -0.434 e. The number of unbranched alkanes of at least 4 members (excludes halogenated alkanes) is 1. The van der Waals surface area contributed by atoms with Crippen molar-refractivity contribution in [2.45, 2.75) is 24.7 Å². The van der Waals surface area contributed by atoms with Gasteiger partial charge < -0.3 is 9.47 Å². The molecule has 132 valence electrons. The lowest BCUT2D eigenvalue weighted by Crippen LogP contribution is -2.12. The van der Waals surface area contributed by atoms with Gasteiger partial charge >= 0.3 is 16.6 Å². The van der Waals surface area contributed by atoms with Gasteiger partial charge in [0.15, 0.2) is 0 Å². The monoisotopic (exact) mass is 366 g/mol. The van der Waals surface area contributed by atoms with Gasteiger partial charge in [-0.05, 0) is 43.2 Å². The summed E-state index contributed by atoms with van der Waals surface area (Å²) in [5.41, 5.74) is 0. The highest BCUT2D eigenvalue weighted by Crippen LogP contribution is 2.51. The van der Waals surface area contributed by atoms with E-state index in [0.29, 0.717) is 17.3 Å². The van der Waals surface area contributed by atoms with Crippen LogP contribution >= 0.6 is 10.3 Å². The van der Waals surface area contributed by atoms with E-state index < -0.39 is 26.9 Å². The van der Waals surface area contributed by atoms with Crippen LogP contribution in [0, 0.1) is 0 Å². The van der Waals surface area contributed by atoms with E-state index in [1.165, 1.54) is 0 Å². The molecule has 0 N–H and O–H groups in total. The molecule has 0 amide bonds. The maximum atomic E-state index is 11.4. The summed E-state index contributed by atoms with van der Waals surface area (Å²) in [7, 11) is -5.08. The van der Waals surface area contributed by atoms with Gasteiger partial charge in [-0.1, -0.05) is 23.7 Å². The first-order valence-corrected chi connectivity index (χ1v) is 10.6. The average Bonchev–Trinajstić information content (AvgIpc) is 2.47. The number of hydrogen-bond acceptors (Lipinski definition) is 7. The Kier molecular flexibility index (Phi) is 7.33. The van der Waals surface area contributed by atoms with Crippen LogP contribution in [0.1, 0.15) is 19.8 Å². The lowest BCUT2D eigenvalue weighted by Gasteiger charge is -2.29. The van der Waals surface area contributed by atoms with E-state index in [9.17, 15) is 13.2 Å². The molecule has 0 saturated carbocycles. The van der Waals surface area contributed by atoms with Crippen LogP contribution in [-0.4, -0.2) is 40.8 Å². The van der Waals surface area contributed by atoms with E-state index in [2.05, 4.69) is 4.18 Å². The van der Waals surface area contributed by atoms with Gasteiger partial charge in [0.05, 0.1) is 13.7 Å². The summed E-state index contributed by atoms with van der Waals surface area (Å²) < 4.78 is 42.1. The Balaban J connectivity index is 2.70. The summed E-state index contributed by atoms with van der Waals surface area (Å²) in [4.78, 5) is 12.1. The fourth-order valence-corrected chi connectivity index (χ4v) is 4.53. The van der Waals surface area contributed by atoms with Crippen LogP contribution in [0.4, 0.5) is 4.79 Å². The molecule has 0 saturated heterocycles. The number of ether oxygens (including phenoxy) is 2. The lowest BCUT2D eigenvalue weighted by molar-refractivity contribution is 0.0978. The molecule has 23 heavy (non-hydrogen) atoms. The van der Waals surface area contributed by atoms with Crippen molar-refractivity contribution in [2.75, 3.05) is 26.2 Å². The topological polar surface area (TPSA) is 88.1 Å². The molecule has 0 spiro atoms. The van der Waals surface area contributed by atoms with Crippen molar-refractivity contribution in [3.63, 3.8) is 0 Å². The lowest BCUT2D eigenvalue weighted by atomic mass is 10.3. The standard InChI is InChI=1S/C14H22O7S2/c1-5-6-11-19-14(15)20-12-7-9-13(10-8-12)22(3,4)21-23(16,17)18-2/h7-10H,5-6,11H2,1-4H3. The van der Waals surface area contributed by atoms with E-state index in [4.69, 9.17) is 13.1 Å². The predicted molar refractivity (Wildman–Crippen MR) is 88.0 cm³/mol. The van der Waals surface area contributed by atoms with Gasteiger partial charge in [0.2, 0.25) is 0 Å². The summed E-state index contributed by atoms with van der Waals surface area (Å²) in [5.74, 6) is 0.306. The Bertz CT molecular complexity index is 609. The second-order valence-electron chi connectivity index (χ2n) is 4.90. The molecule has 0 heterocycles. The Morgan fingerprint density at radius 1 is 1.13 bits per heavy atom. The number of hydrogen-bond donors (Lipinski definition) is 0. The zero-order chi connectivity index (χ0) is 17.5. The summed E-state index contributed by atoms with van der Waals surface area (Å²) in [5, 5.41) is 0. The molecule has 0 aromatic heterocycles. The normalized spacial score (nSPS) is 12.7. The van der Waals surface area contributed by atoms with Crippen molar-refractivity contribution in [1.29, 1.82) is 0 Å².